The largest absolute Gasteiger partial charge is 1.00 e. The minimum Gasteiger partial charge on any atom is -1.00 e. The van der Waals surface area contributed by atoms with Gasteiger partial charge in [-0.15, -0.1) is 0 Å². The SMILES string of the molecule is CC=O.CCC(CC(C)(C)C(=O)O)c1ccccc1.CCC(CC(C)C(=O)NCCCCCCNCCCCCCN)c1ccccc1.CCC(CC(C)C(=O)NCCCCCCNCCCCCCNCc1ccc2ccc3cccc4ccc1c2c34)c1ccccc1.NCCCCCCNCCCCCCN.O=CO[O-].OB(O)c1ccccc1CBr.[B].[H-].[K+].[K].[Na+]. The van der Waals surface area contributed by atoms with Gasteiger partial charge in [-0.25, -0.2) is 0 Å². The molecule has 8 aromatic rings. The molecule has 128 heavy (non-hydrogen) atoms. The number of amides is 2. The van der Waals surface area contributed by atoms with Crippen LogP contribution in [-0.2, 0) is 40.7 Å². The second-order valence-corrected chi connectivity index (χ2v) is 33.9. The van der Waals surface area contributed by atoms with E-state index in [1.54, 1.807) is 26.0 Å². The fraction of sp³-hybridized carbons (Fsp3) is 0.563. The van der Waals surface area contributed by atoms with Crippen molar-refractivity contribution in [2.75, 3.05) is 78.5 Å². The Kier molecular flexibility index (Phi) is 87.3. The summed E-state index contributed by atoms with van der Waals surface area (Å²) in [5.74, 6) is 1.05. The Morgan fingerprint density at radius 2 is 0.773 bits per heavy atom. The van der Waals surface area contributed by atoms with Gasteiger partial charge in [0.2, 0.25) is 11.8 Å². The van der Waals surface area contributed by atoms with Gasteiger partial charge in [-0.1, -0.05) is 297 Å². The number of alkyl halides is 1. The van der Waals surface area contributed by atoms with E-state index in [4.69, 9.17) is 47.2 Å². The van der Waals surface area contributed by atoms with Crippen LogP contribution in [0.3, 0.4) is 0 Å². The van der Waals surface area contributed by atoms with Crippen molar-refractivity contribution in [3.63, 3.8) is 0 Å². The molecule has 4 radical (unpaired) electrons. The van der Waals surface area contributed by atoms with Crippen LogP contribution in [0.1, 0.15) is 295 Å². The van der Waals surface area contributed by atoms with Crippen molar-refractivity contribution in [1.82, 2.24) is 31.9 Å². The second-order valence-electron chi connectivity index (χ2n) is 33.3. The molecule has 8 rings (SSSR count). The van der Waals surface area contributed by atoms with Crippen LogP contribution in [0.4, 0.5) is 0 Å². The van der Waals surface area contributed by atoms with Gasteiger partial charge >= 0.3 is 94.0 Å². The molecule has 0 spiro atoms. The summed E-state index contributed by atoms with van der Waals surface area (Å²) in [7, 11) is -1.37. The van der Waals surface area contributed by atoms with Crippen molar-refractivity contribution in [3.8, 4) is 0 Å². The monoisotopic (exact) mass is 1890 g/mol. The molecule has 5 unspecified atom stereocenters. The van der Waals surface area contributed by atoms with E-state index in [0.29, 0.717) is 35.0 Å². The predicted molar refractivity (Wildman–Crippen MR) is 537 cm³/mol. The summed E-state index contributed by atoms with van der Waals surface area (Å²) in [5, 5.41) is 64.8. The van der Waals surface area contributed by atoms with Gasteiger partial charge in [0.15, 0.2) is 0 Å². The number of carboxylic acid groups (broad SMARTS) is 1. The molecule has 0 saturated heterocycles. The Bertz CT molecular complexity index is 3920. The minimum atomic E-state index is -1.37. The number of nitrogens with two attached hydrogens (primary N) is 3. The molecule has 0 aliphatic heterocycles. The van der Waals surface area contributed by atoms with Gasteiger partial charge in [-0.2, -0.15) is 0 Å². The Morgan fingerprint density at radius 3 is 1.10 bits per heavy atom. The molecule has 8 aromatic carbocycles. The van der Waals surface area contributed by atoms with Gasteiger partial charge in [-0.05, 0) is 285 Å². The zero-order valence-electron chi connectivity index (χ0n) is 81.8. The number of hydrogen-bond donors (Lipinski definition) is 12. The molecule has 19 nitrogen and oxygen atoms in total. The summed E-state index contributed by atoms with van der Waals surface area (Å²) in [6.07, 6.45) is 36.0. The van der Waals surface area contributed by atoms with Crippen molar-refractivity contribution >= 4 is 151 Å². The second kappa shape index (κ2) is 86.7. The van der Waals surface area contributed by atoms with E-state index in [-0.39, 0.29) is 172 Å². The molecule has 0 saturated carbocycles. The molecule has 15 N–H and O–H groups in total. The summed E-state index contributed by atoms with van der Waals surface area (Å²) < 4.78 is 0. The first-order chi connectivity index (χ1) is 60.3. The maximum absolute atomic E-state index is 12.6. The number of benzene rings is 8. The molecule has 0 aromatic heterocycles. The Labute approximate surface area is 892 Å². The molecule has 0 aliphatic carbocycles. The maximum Gasteiger partial charge on any atom is 1.00 e. The maximum atomic E-state index is 12.6. The van der Waals surface area contributed by atoms with Gasteiger partial charge < -0.3 is 80.6 Å². The van der Waals surface area contributed by atoms with Crippen LogP contribution in [0, 0.1) is 17.3 Å². The third-order valence-corrected chi connectivity index (χ3v) is 23.4. The van der Waals surface area contributed by atoms with Crippen molar-refractivity contribution in [2.24, 2.45) is 34.5 Å². The fourth-order valence-electron chi connectivity index (χ4n) is 15.3. The fourth-order valence-corrected chi connectivity index (χ4v) is 15.8. The van der Waals surface area contributed by atoms with Crippen LogP contribution in [-0.4, -0.2) is 191 Å². The van der Waals surface area contributed by atoms with Gasteiger partial charge in [0.05, 0.1) is 5.41 Å². The predicted octanol–water partition coefficient (Wildman–Crippen LogP) is 12.3. The number of hydrogen-bond acceptors (Lipinski definition) is 16. The normalized spacial score (nSPS) is 11.7. The zero-order chi connectivity index (χ0) is 90.9. The van der Waals surface area contributed by atoms with Crippen LogP contribution >= 0.6 is 15.9 Å². The third-order valence-electron chi connectivity index (χ3n) is 22.8. The average molecular weight is 1890 g/mol. The molecular formula is C103H163B2BrK2N9NaO10. The van der Waals surface area contributed by atoms with Gasteiger partial charge in [0.1, 0.15) is 6.29 Å². The third kappa shape index (κ3) is 59.6. The Balaban J connectivity index is -0.000000806. The first kappa shape index (κ1) is 129. The van der Waals surface area contributed by atoms with Gasteiger partial charge in [0.25, 0.3) is 6.47 Å². The molecule has 2 amide bonds. The molecular weight excluding hydrogens is 1730 g/mol. The van der Waals surface area contributed by atoms with Crippen LogP contribution in [0.25, 0.3) is 32.3 Å². The number of halogens is 1. The number of carboxylic acids is 1. The number of nitrogens with one attached hydrogen (secondary N) is 6. The van der Waals surface area contributed by atoms with E-state index in [9.17, 15) is 14.4 Å². The topological polar surface area (TPSA) is 329 Å². The molecule has 0 fully saturated rings. The number of aliphatic carboxylic acids is 1. The van der Waals surface area contributed by atoms with Crippen molar-refractivity contribution in [2.45, 2.75) is 278 Å². The van der Waals surface area contributed by atoms with Crippen molar-refractivity contribution in [1.29, 1.82) is 0 Å². The Hall–Kier alpha value is -3.17. The van der Waals surface area contributed by atoms with E-state index >= 15 is 0 Å². The zero-order valence-corrected chi connectivity index (χ0v) is 90.6. The summed E-state index contributed by atoms with van der Waals surface area (Å²) in [6.45, 7) is 28.4. The number of rotatable bonds is 59. The summed E-state index contributed by atoms with van der Waals surface area (Å²) in [5.41, 5.74) is 22.5. The molecule has 25 heteroatoms. The first-order valence-electron chi connectivity index (χ1n) is 47.0. The average Bonchev–Trinajstić information content (AvgIpc) is 0.741. The number of aldehydes is 1. The summed E-state index contributed by atoms with van der Waals surface area (Å²) in [4.78, 5) is 56.2. The molecule has 696 valence electrons. The molecule has 0 heterocycles. The van der Waals surface area contributed by atoms with E-state index in [1.165, 1.54) is 209 Å². The van der Waals surface area contributed by atoms with E-state index in [0.717, 1.165) is 135 Å². The molecule has 0 aliphatic rings. The van der Waals surface area contributed by atoms with Crippen LogP contribution < -0.4 is 141 Å². The van der Waals surface area contributed by atoms with E-state index in [1.807, 2.05) is 36.4 Å². The van der Waals surface area contributed by atoms with Crippen LogP contribution in [0.5, 0.6) is 0 Å². The van der Waals surface area contributed by atoms with Gasteiger partial charge in [0, 0.05) is 96.6 Å². The smallest absolute Gasteiger partial charge is 1.00 e. The number of carbonyl (C=O) groups excluding carboxylic acids is 4. The Morgan fingerprint density at radius 1 is 0.461 bits per heavy atom. The molecule has 5 atom stereocenters. The van der Waals surface area contributed by atoms with Crippen molar-refractivity contribution in [3.05, 3.63) is 198 Å². The van der Waals surface area contributed by atoms with E-state index < -0.39 is 18.5 Å². The summed E-state index contributed by atoms with van der Waals surface area (Å²) in [6, 6.07) is 58.8. The minimum absolute atomic E-state index is 0. The van der Waals surface area contributed by atoms with Gasteiger partial charge in [-0.3, -0.25) is 19.2 Å². The number of carbonyl (C=O) groups is 5. The van der Waals surface area contributed by atoms with E-state index in [2.05, 4.69) is 209 Å². The van der Waals surface area contributed by atoms with Crippen LogP contribution in [0.2, 0.25) is 0 Å². The van der Waals surface area contributed by atoms with Crippen molar-refractivity contribution < 1.29 is 132 Å². The number of unbranched alkanes of at least 4 members (excludes halogenated alkanes) is 18. The first-order valence-corrected chi connectivity index (χ1v) is 48.1. The summed E-state index contributed by atoms with van der Waals surface area (Å²) >= 11 is 3.25. The quantitative estimate of drug-likeness (QED) is 0.00320. The standard InChI is InChI=1S/C42H55N3O.C25H45N3O.C14H20O2.C12H29N3.C7H8BBrO2.C2H4O.CH2O3.B.2K.Na.H/c1-3-33(34-16-9-8-10-17-34)30-32(2)42(46)45-29-14-7-6-12-27-43-26-11-4-5-13-28-44-31-38-23-22-37-21-20-35-18-15-19-36-24-25-39(38)41(37)40(35)36;1-3-23(24-15-9-8-10-16-24)21-22(2)25(29)28-20-14-7-6-13-19-27-18-12-5-4-11-17-26;1-4-11(10-14(2,3)13(15)16)12-8-6-5-7-9-12;13-9-5-1-3-7-11-15-12-8-4-2-6-10-14;9-5-6-3-1-2-4-7(6)8(10)11;1-2-3;2-1-4-3;;;;;/h8-10,15-25,32-33,43-44H,3-7,11-14,26-31H2,1-2H3,(H,45,46);8-10,15-16,22-23,27H,3-7,11-14,17-21,26H2,1-2H3,(H,28,29);5-9,11H,4,10H2,1-3H3,(H,15,16);15H,1-14H2;1-4,10-11H,5H2;2H,1H3;1,3H;;;;;/q;;;;;;;;;2*+1;-1/p-1. The van der Waals surface area contributed by atoms with Crippen LogP contribution in [0.15, 0.2) is 170 Å². The molecule has 0 bridgehead atoms.